The first-order valence-corrected chi connectivity index (χ1v) is 14.4. The van der Waals surface area contributed by atoms with Gasteiger partial charge in [0.25, 0.3) is 10.0 Å². The molecule has 37 heavy (non-hydrogen) atoms. The Morgan fingerprint density at radius 1 is 0.784 bits per heavy atom. The minimum Gasteiger partial charge on any atom is -0.325 e. The maximum atomic E-state index is 13.6. The molecular weight excluding hydrogens is 500 g/mol. The van der Waals surface area contributed by atoms with Crippen molar-refractivity contribution >= 4 is 39.1 Å². The van der Waals surface area contributed by atoms with Crippen molar-refractivity contribution in [3.05, 3.63) is 119 Å². The largest absolute Gasteiger partial charge is 0.325 e. The first-order chi connectivity index (χ1) is 17.7. The molecule has 1 N–H and O–H groups in total. The molecule has 190 valence electrons. The minimum atomic E-state index is -3.96. The van der Waals surface area contributed by atoms with E-state index in [0.29, 0.717) is 11.4 Å². The highest BCUT2D eigenvalue weighted by atomic mass is 32.2. The molecule has 0 aromatic heterocycles. The summed E-state index contributed by atoms with van der Waals surface area (Å²) in [5.74, 6) is 0.398. The highest BCUT2D eigenvalue weighted by Crippen LogP contribution is 2.27. The van der Waals surface area contributed by atoms with Gasteiger partial charge in [0.2, 0.25) is 5.91 Å². The predicted molar refractivity (Wildman–Crippen MR) is 153 cm³/mol. The van der Waals surface area contributed by atoms with Gasteiger partial charge < -0.3 is 5.32 Å². The van der Waals surface area contributed by atoms with Crippen LogP contribution in [0.25, 0.3) is 0 Å². The van der Waals surface area contributed by atoms with Crippen molar-refractivity contribution in [2.45, 2.75) is 36.3 Å². The van der Waals surface area contributed by atoms with Gasteiger partial charge in [0.05, 0.1) is 10.6 Å². The van der Waals surface area contributed by atoms with E-state index < -0.39 is 15.9 Å². The number of carbonyl (C=O) groups is 1. The monoisotopic (exact) mass is 530 g/mol. The number of amides is 1. The van der Waals surface area contributed by atoms with Crippen molar-refractivity contribution < 1.29 is 13.2 Å². The van der Waals surface area contributed by atoms with Gasteiger partial charge in [0.1, 0.15) is 6.54 Å². The van der Waals surface area contributed by atoms with Crippen LogP contribution in [0, 0.1) is 20.8 Å². The van der Waals surface area contributed by atoms with Crippen molar-refractivity contribution in [2.24, 2.45) is 0 Å². The maximum absolute atomic E-state index is 13.6. The average molecular weight is 531 g/mol. The Hall–Kier alpha value is -3.55. The number of benzene rings is 4. The van der Waals surface area contributed by atoms with E-state index in [1.54, 1.807) is 48.2 Å². The molecule has 0 saturated heterocycles. The lowest BCUT2D eigenvalue weighted by atomic mass is 10.1. The third-order valence-electron chi connectivity index (χ3n) is 5.78. The van der Waals surface area contributed by atoms with Crippen molar-refractivity contribution in [3.63, 3.8) is 0 Å². The van der Waals surface area contributed by atoms with E-state index in [0.717, 1.165) is 28.0 Å². The number of thioether (sulfide) groups is 1. The number of anilines is 2. The molecule has 7 heteroatoms. The third kappa shape index (κ3) is 7.02. The number of aryl methyl sites for hydroxylation is 3. The van der Waals surface area contributed by atoms with E-state index in [1.165, 1.54) is 9.20 Å². The van der Waals surface area contributed by atoms with Gasteiger partial charge in [0.15, 0.2) is 0 Å². The number of hydrogen-bond donors (Lipinski definition) is 1. The number of rotatable bonds is 9. The zero-order valence-corrected chi connectivity index (χ0v) is 22.8. The summed E-state index contributed by atoms with van der Waals surface area (Å²) in [6.45, 7) is 5.37. The smallest absolute Gasteiger partial charge is 0.264 e. The van der Waals surface area contributed by atoms with Gasteiger partial charge >= 0.3 is 0 Å². The molecule has 0 spiro atoms. The Balaban J connectivity index is 1.51. The number of nitrogens with one attached hydrogen (secondary N) is 1. The Morgan fingerprint density at radius 2 is 1.41 bits per heavy atom. The lowest BCUT2D eigenvalue weighted by Gasteiger charge is -2.25. The van der Waals surface area contributed by atoms with E-state index in [-0.39, 0.29) is 11.4 Å². The standard InChI is InChI=1S/C30H30N2O3S2/c1-22-9-15-29(16-10-22)37(34,35)32(27-18-23(2)17-24(3)19-27)20-30(33)31-26-13-11-25(12-14-26)21-36-28-7-5-4-6-8-28/h4-19H,20-21H2,1-3H3,(H,31,33). The quantitative estimate of drug-likeness (QED) is 0.244. The molecule has 4 aromatic carbocycles. The third-order valence-corrected chi connectivity index (χ3v) is 8.65. The minimum absolute atomic E-state index is 0.144. The molecular formula is C30H30N2O3S2. The number of carbonyl (C=O) groups excluding carboxylic acids is 1. The van der Waals surface area contributed by atoms with Crippen LogP contribution < -0.4 is 9.62 Å². The van der Waals surface area contributed by atoms with Gasteiger partial charge in [-0.1, -0.05) is 54.1 Å². The average Bonchev–Trinajstić information content (AvgIpc) is 2.87. The van der Waals surface area contributed by atoms with Gasteiger partial charge in [-0.15, -0.1) is 11.8 Å². The molecule has 0 aliphatic rings. The highest BCUT2D eigenvalue weighted by Gasteiger charge is 2.27. The molecule has 0 atom stereocenters. The second-order valence-corrected chi connectivity index (χ2v) is 11.9. The first kappa shape index (κ1) is 26.5. The Bertz CT molecular complexity index is 1450. The van der Waals surface area contributed by atoms with Crippen LogP contribution in [0.5, 0.6) is 0 Å². The molecule has 1 amide bonds. The number of hydrogen-bond acceptors (Lipinski definition) is 4. The molecule has 0 fully saturated rings. The van der Waals surface area contributed by atoms with Crippen LogP contribution in [-0.4, -0.2) is 20.9 Å². The zero-order chi connectivity index (χ0) is 26.4. The number of sulfonamides is 1. The van der Waals surface area contributed by atoms with E-state index in [2.05, 4.69) is 17.4 Å². The summed E-state index contributed by atoms with van der Waals surface area (Å²) >= 11 is 1.74. The highest BCUT2D eigenvalue weighted by molar-refractivity contribution is 7.98. The maximum Gasteiger partial charge on any atom is 0.264 e. The SMILES string of the molecule is Cc1ccc(S(=O)(=O)N(CC(=O)Nc2ccc(CSc3ccccc3)cc2)c2cc(C)cc(C)c2)cc1. The van der Waals surface area contributed by atoms with Crippen LogP contribution >= 0.6 is 11.8 Å². The summed E-state index contributed by atoms with van der Waals surface area (Å²) in [5.41, 5.74) is 5.01. The zero-order valence-electron chi connectivity index (χ0n) is 21.1. The van der Waals surface area contributed by atoms with Gasteiger partial charge in [-0.05, 0) is 86.0 Å². The molecule has 4 aromatic rings. The molecule has 0 unspecified atom stereocenters. The predicted octanol–water partition coefficient (Wildman–Crippen LogP) is 6.74. The Kier molecular flexibility index (Phi) is 8.36. The topological polar surface area (TPSA) is 66.5 Å². The van der Waals surface area contributed by atoms with Gasteiger partial charge in [-0.25, -0.2) is 8.42 Å². The van der Waals surface area contributed by atoms with Gasteiger partial charge in [-0.3, -0.25) is 9.10 Å². The van der Waals surface area contributed by atoms with Crippen LogP contribution in [0.15, 0.2) is 107 Å². The van der Waals surface area contributed by atoms with E-state index >= 15 is 0 Å². The lowest BCUT2D eigenvalue weighted by Crippen LogP contribution is -2.38. The molecule has 0 aliphatic carbocycles. The first-order valence-electron chi connectivity index (χ1n) is 11.9. The van der Waals surface area contributed by atoms with E-state index in [4.69, 9.17) is 0 Å². The van der Waals surface area contributed by atoms with Crippen molar-refractivity contribution in [3.8, 4) is 0 Å². The second-order valence-electron chi connectivity index (χ2n) is 9.02. The van der Waals surface area contributed by atoms with Gasteiger partial charge in [-0.2, -0.15) is 0 Å². The molecule has 0 saturated carbocycles. The molecule has 0 aliphatic heterocycles. The summed E-state index contributed by atoms with van der Waals surface area (Å²) in [4.78, 5) is 14.4. The molecule has 0 bridgehead atoms. The van der Waals surface area contributed by atoms with Crippen LogP contribution in [0.4, 0.5) is 11.4 Å². The molecule has 4 rings (SSSR count). The van der Waals surface area contributed by atoms with Crippen molar-refractivity contribution in [1.82, 2.24) is 0 Å². The summed E-state index contributed by atoms with van der Waals surface area (Å²) in [6, 6.07) is 30.0. The molecule has 5 nitrogen and oxygen atoms in total. The van der Waals surface area contributed by atoms with Crippen molar-refractivity contribution in [2.75, 3.05) is 16.2 Å². The Labute approximate surface area is 223 Å². The van der Waals surface area contributed by atoms with E-state index in [1.807, 2.05) is 69.3 Å². The Morgan fingerprint density at radius 3 is 2.03 bits per heavy atom. The van der Waals surface area contributed by atoms with Crippen LogP contribution in [-0.2, 0) is 20.6 Å². The normalized spacial score (nSPS) is 11.2. The fourth-order valence-corrected chi connectivity index (χ4v) is 6.23. The van der Waals surface area contributed by atoms with Crippen molar-refractivity contribution in [1.29, 1.82) is 0 Å². The van der Waals surface area contributed by atoms with E-state index in [9.17, 15) is 13.2 Å². The van der Waals surface area contributed by atoms with Crippen LogP contribution in [0.2, 0.25) is 0 Å². The summed E-state index contributed by atoms with van der Waals surface area (Å²) in [5, 5.41) is 2.85. The lowest BCUT2D eigenvalue weighted by molar-refractivity contribution is -0.114. The van der Waals surface area contributed by atoms with Crippen LogP contribution in [0.3, 0.4) is 0 Å². The summed E-state index contributed by atoms with van der Waals surface area (Å²) < 4.78 is 28.4. The fourth-order valence-electron chi connectivity index (χ4n) is 3.95. The summed E-state index contributed by atoms with van der Waals surface area (Å²) in [7, 11) is -3.96. The van der Waals surface area contributed by atoms with Crippen LogP contribution in [0.1, 0.15) is 22.3 Å². The van der Waals surface area contributed by atoms with Gasteiger partial charge in [0, 0.05) is 16.3 Å². The second kappa shape index (κ2) is 11.7. The fraction of sp³-hybridized carbons (Fsp3) is 0.167. The number of nitrogens with zero attached hydrogens (tertiary/aromatic N) is 1. The molecule has 0 radical (unpaired) electrons. The molecule has 0 heterocycles. The summed E-state index contributed by atoms with van der Waals surface area (Å²) in [6.07, 6.45) is 0.